The molecular formula is C28H31NO5. The molecule has 178 valence electrons. The molecule has 0 saturated heterocycles. The fraction of sp³-hybridized carbons (Fsp3) is 0.286. The van der Waals surface area contributed by atoms with Crippen molar-refractivity contribution in [3.05, 3.63) is 89.0 Å². The van der Waals surface area contributed by atoms with Gasteiger partial charge < -0.3 is 19.5 Å². The van der Waals surface area contributed by atoms with E-state index in [1.165, 1.54) is 7.11 Å². The largest absolute Gasteiger partial charge is 0.489 e. The van der Waals surface area contributed by atoms with Gasteiger partial charge in [-0.15, -0.1) is 0 Å². The van der Waals surface area contributed by atoms with Crippen LogP contribution in [0.25, 0.3) is 11.1 Å². The molecule has 3 aromatic rings. The molecule has 1 amide bonds. The minimum atomic E-state index is -0.593. The normalized spacial score (nSPS) is 11.0. The first kappa shape index (κ1) is 24.8. The monoisotopic (exact) mass is 461 g/mol. The van der Waals surface area contributed by atoms with Gasteiger partial charge in [0.25, 0.3) is 0 Å². The van der Waals surface area contributed by atoms with Crippen LogP contribution in [0.15, 0.2) is 66.7 Å². The molecule has 0 atom stereocenters. The van der Waals surface area contributed by atoms with Crippen molar-refractivity contribution < 1.29 is 23.8 Å². The van der Waals surface area contributed by atoms with Crippen LogP contribution in [0.3, 0.4) is 0 Å². The van der Waals surface area contributed by atoms with Crippen molar-refractivity contribution in [1.29, 1.82) is 0 Å². The second-order valence-corrected chi connectivity index (χ2v) is 8.97. The van der Waals surface area contributed by atoms with Crippen LogP contribution in [0, 0.1) is 6.92 Å². The average molecular weight is 462 g/mol. The number of hydrogen-bond acceptors (Lipinski definition) is 5. The molecule has 0 heterocycles. The number of nitrogens with one attached hydrogen (secondary N) is 1. The van der Waals surface area contributed by atoms with Gasteiger partial charge in [-0.2, -0.15) is 0 Å². The molecule has 3 rings (SSSR count). The smallest absolute Gasteiger partial charge is 0.407 e. The van der Waals surface area contributed by atoms with E-state index in [1.54, 1.807) is 0 Å². The standard InChI is InChI=1S/C28H31NO5/c1-19-11-12-22(16-24(19)26(30)32-5)21-13-14-25(33-18-20-9-7-6-8-10-20)23(15-21)17-29-27(31)34-28(2,3)4/h6-16H,17-18H2,1-5H3,(H,29,31). The molecule has 0 aromatic heterocycles. The number of esters is 1. The number of benzene rings is 3. The number of rotatable bonds is 7. The predicted octanol–water partition coefficient (Wildman–Crippen LogP) is 6.05. The lowest BCUT2D eigenvalue weighted by Crippen LogP contribution is -2.32. The number of methoxy groups -OCH3 is 1. The van der Waals surface area contributed by atoms with Crippen molar-refractivity contribution in [3.63, 3.8) is 0 Å². The third-order valence-electron chi connectivity index (χ3n) is 5.10. The van der Waals surface area contributed by atoms with Crippen LogP contribution >= 0.6 is 0 Å². The number of aryl methyl sites for hydroxylation is 1. The number of carbonyl (C=O) groups is 2. The zero-order valence-corrected chi connectivity index (χ0v) is 20.3. The van der Waals surface area contributed by atoms with Gasteiger partial charge in [0.05, 0.1) is 12.7 Å². The third kappa shape index (κ3) is 6.85. The Labute approximate surface area is 200 Å². The highest BCUT2D eigenvalue weighted by Gasteiger charge is 2.17. The minimum absolute atomic E-state index is 0.225. The number of alkyl carbamates (subject to hydrolysis) is 1. The van der Waals surface area contributed by atoms with E-state index in [-0.39, 0.29) is 12.5 Å². The number of amides is 1. The predicted molar refractivity (Wildman–Crippen MR) is 132 cm³/mol. The number of hydrogen-bond donors (Lipinski definition) is 1. The fourth-order valence-electron chi connectivity index (χ4n) is 3.39. The van der Waals surface area contributed by atoms with E-state index in [4.69, 9.17) is 14.2 Å². The summed E-state index contributed by atoms with van der Waals surface area (Å²) in [6.07, 6.45) is -0.504. The first-order valence-electron chi connectivity index (χ1n) is 11.1. The SMILES string of the molecule is COC(=O)c1cc(-c2ccc(OCc3ccccc3)c(CNC(=O)OC(C)(C)C)c2)ccc1C. The van der Waals surface area contributed by atoms with Crippen LogP contribution in [0.5, 0.6) is 5.75 Å². The van der Waals surface area contributed by atoms with E-state index >= 15 is 0 Å². The molecule has 34 heavy (non-hydrogen) atoms. The third-order valence-corrected chi connectivity index (χ3v) is 5.10. The molecule has 0 aliphatic rings. The van der Waals surface area contributed by atoms with Gasteiger partial charge in [-0.3, -0.25) is 0 Å². The Kier molecular flexibility index (Phi) is 7.95. The van der Waals surface area contributed by atoms with Crippen molar-refractivity contribution in [2.24, 2.45) is 0 Å². The van der Waals surface area contributed by atoms with E-state index in [9.17, 15) is 9.59 Å². The summed E-state index contributed by atoms with van der Waals surface area (Å²) in [6.45, 7) is 7.94. The summed E-state index contributed by atoms with van der Waals surface area (Å²) in [7, 11) is 1.37. The summed E-state index contributed by atoms with van der Waals surface area (Å²) >= 11 is 0. The molecule has 0 aliphatic carbocycles. The molecule has 0 unspecified atom stereocenters. The van der Waals surface area contributed by atoms with Gasteiger partial charge >= 0.3 is 12.1 Å². The molecule has 0 bridgehead atoms. The van der Waals surface area contributed by atoms with Gasteiger partial charge in [0.15, 0.2) is 0 Å². The van der Waals surface area contributed by atoms with Crippen LogP contribution < -0.4 is 10.1 Å². The number of carbonyl (C=O) groups excluding carboxylic acids is 2. The van der Waals surface area contributed by atoms with Crippen molar-refractivity contribution in [2.75, 3.05) is 7.11 Å². The summed E-state index contributed by atoms with van der Waals surface area (Å²) in [5.41, 5.74) is 4.34. The van der Waals surface area contributed by atoms with Crippen LogP contribution in [0.4, 0.5) is 4.79 Å². The maximum atomic E-state index is 12.2. The van der Waals surface area contributed by atoms with E-state index in [1.807, 2.05) is 94.4 Å². The Balaban J connectivity index is 1.89. The molecule has 6 nitrogen and oxygen atoms in total. The lowest BCUT2D eigenvalue weighted by Gasteiger charge is -2.20. The zero-order chi connectivity index (χ0) is 24.7. The van der Waals surface area contributed by atoms with E-state index in [0.29, 0.717) is 17.9 Å². The molecule has 0 fully saturated rings. The Morgan fingerprint density at radius 1 is 0.912 bits per heavy atom. The van der Waals surface area contributed by atoms with Crippen LogP contribution in [-0.4, -0.2) is 24.8 Å². The molecule has 0 aliphatic heterocycles. The minimum Gasteiger partial charge on any atom is -0.489 e. The van der Waals surface area contributed by atoms with Crippen LogP contribution in [-0.2, 0) is 22.6 Å². The zero-order valence-electron chi connectivity index (χ0n) is 20.3. The van der Waals surface area contributed by atoms with Crippen LogP contribution in [0.2, 0.25) is 0 Å². The molecule has 0 saturated carbocycles. The summed E-state index contributed by atoms with van der Waals surface area (Å²) < 4.78 is 16.4. The molecule has 0 radical (unpaired) electrons. The summed E-state index contributed by atoms with van der Waals surface area (Å²) in [4.78, 5) is 24.4. The first-order chi connectivity index (χ1) is 16.2. The van der Waals surface area contributed by atoms with Crippen molar-refractivity contribution in [2.45, 2.75) is 46.4 Å². The lowest BCUT2D eigenvalue weighted by molar-refractivity contribution is 0.0522. The topological polar surface area (TPSA) is 73.9 Å². The van der Waals surface area contributed by atoms with Gasteiger partial charge in [-0.1, -0.05) is 48.5 Å². The maximum absolute atomic E-state index is 12.2. The maximum Gasteiger partial charge on any atom is 0.407 e. The van der Waals surface area contributed by atoms with E-state index in [0.717, 1.165) is 27.8 Å². The van der Waals surface area contributed by atoms with E-state index < -0.39 is 11.7 Å². The van der Waals surface area contributed by atoms with Gasteiger partial charge in [0.2, 0.25) is 0 Å². The summed E-state index contributed by atoms with van der Waals surface area (Å²) in [5.74, 6) is 0.276. The summed E-state index contributed by atoms with van der Waals surface area (Å²) in [6, 6.07) is 21.3. The number of ether oxygens (including phenoxy) is 3. The first-order valence-corrected chi connectivity index (χ1v) is 11.1. The fourth-order valence-corrected chi connectivity index (χ4v) is 3.39. The lowest BCUT2D eigenvalue weighted by atomic mass is 9.98. The van der Waals surface area contributed by atoms with Gasteiger partial charge in [-0.25, -0.2) is 9.59 Å². The Bertz CT molecular complexity index is 1150. The molecule has 6 heteroatoms. The van der Waals surface area contributed by atoms with Crippen molar-refractivity contribution in [3.8, 4) is 16.9 Å². The average Bonchev–Trinajstić information content (AvgIpc) is 2.81. The van der Waals surface area contributed by atoms with Gasteiger partial charge in [-0.05, 0) is 68.1 Å². The Morgan fingerprint density at radius 3 is 2.26 bits per heavy atom. The van der Waals surface area contributed by atoms with Gasteiger partial charge in [0.1, 0.15) is 18.0 Å². The second kappa shape index (κ2) is 10.9. The molecular weight excluding hydrogens is 430 g/mol. The van der Waals surface area contributed by atoms with Crippen LogP contribution in [0.1, 0.15) is 47.8 Å². The second-order valence-electron chi connectivity index (χ2n) is 8.97. The summed E-state index contributed by atoms with van der Waals surface area (Å²) in [5, 5.41) is 2.81. The molecule has 3 aromatic carbocycles. The molecule has 1 N–H and O–H groups in total. The van der Waals surface area contributed by atoms with E-state index in [2.05, 4.69) is 5.32 Å². The van der Waals surface area contributed by atoms with Crippen molar-refractivity contribution in [1.82, 2.24) is 5.32 Å². The highest BCUT2D eigenvalue weighted by atomic mass is 16.6. The van der Waals surface area contributed by atoms with Gasteiger partial charge in [0, 0.05) is 12.1 Å². The highest BCUT2D eigenvalue weighted by molar-refractivity contribution is 5.92. The highest BCUT2D eigenvalue weighted by Crippen LogP contribution is 2.29. The Morgan fingerprint density at radius 2 is 1.59 bits per heavy atom. The Hall–Kier alpha value is -3.80. The molecule has 0 spiro atoms. The quantitative estimate of drug-likeness (QED) is 0.434. The van der Waals surface area contributed by atoms with Crippen molar-refractivity contribution >= 4 is 12.1 Å².